The molecule has 0 atom stereocenters. The highest BCUT2D eigenvalue weighted by Crippen LogP contribution is 2.18. The van der Waals surface area contributed by atoms with Gasteiger partial charge in [-0.3, -0.25) is 4.79 Å². The average molecular weight is 275 g/mol. The molecular formula is C15H18FN3O. The van der Waals surface area contributed by atoms with E-state index in [2.05, 4.69) is 5.10 Å². The maximum atomic E-state index is 13.0. The molecule has 0 N–H and O–H groups in total. The first-order valence-electron chi connectivity index (χ1n) is 6.59. The molecule has 2 aromatic rings. The first-order valence-corrected chi connectivity index (χ1v) is 6.59. The van der Waals surface area contributed by atoms with Crippen LogP contribution in [0.4, 0.5) is 4.39 Å². The third-order valence-corrected chi connectivity index (χ3v) is 3.06. The third-order valence-electron chi connectivity index (χ3n) is 3.06. The van der Waals surface area contributed by atoms with Crippen LogP contribution in [-0.2, 0) is 6.42 Å². The van der Waals surface area contributed by atoms with Crippen molar-refractivity contribution in [3.8, 4) is 5.69 Å². The Kier molecular flexibility index (Phi) is 4.17. The van der Waals surface area contributed by atoms with Crippen molar-refractivity contribution >= 4 is 5.91 Å². The summed E-state index contributed by atoms with van der Waals surface area (Å²) in [4.78, 5) is 13.7. The van der Waals surface area contributed by atoms with Gasteiger partial charge in [0.2, 0.25) is 0 Å². The fourth-order valence-electron chi connectivity index (χ4n) is 2.08. The van der Waals surface area contributed by atoms with E-state index in [1.54, 1.807) is 37.1 Å². The Hall–Kier alpha value is -2.17. The van der Waals surface area contributed by atoms with Crippen molar-refractivity contribution in [3.05, 3.63) is 47.5 Å². The highest BCUT2D eigenvalue weighted by Gasteiger charge is 2.19. The van der Waals surface area contributed by atoms with Crippen LogP contribution in [0.25, 0.3) is 5.69 Å². The second-order valence-corrected chi connectivity index (χ2v) is 4.84. The molecule has 0 saturated carbocycles. The van der Waals surface area contributed by atoms with E-state index in [1.165, 1.54) is 17.0 Å². The van der Waals surface area contributed by atoms with Gasteiger partial charge in [-0.15, -0.1) is 0 Å². The van der Waals surface area contributed by atoms with Gasteiger partial charge < -0.3 is 4.90 Å². The topological polar surface area (TPSA) is 38.1 Å². The minimum atomic E-state index is -0.289. The van der Waals surface area contributed by atoms with E-state index in [0.717, 1.165) is 24.2 Å². The summed E-state index contributed by atoms with van der Waals surface area (Å²) in [6, 6.07) is 6.09. The number of benzene rings is 1. The second kappa shape index (κ2) is 5.86. The van der Waals surface area contributed by atoms with Crippen LogP contribution in [-0.4, -0.2) is 34.7 Å². The molecule has 0 unspecified atom stereocenters. The zero-order valence-electron chi connectivity index (χ0n) is 11.9. The van der Waals surface area contributed by atoms with Gasteiger partial charge in [0.25, 0.3) is 5.91 Å². The fourth-order valence-corrected chi connectivity index (χ4v) is 2.08. The monoisotopic (exact) mass is 275 g/mol. The molecule has 5 heteroatoms. The van der Waals surface area contributed by atoms with Gasteiger partial charge in [0.05, 0.1) is 23.1 Å². The lowest BCUT2D eigenvalue weighted by molar-refractivity contribution is 0.0826. The number of carbonyl (C=O) groups is 1. The molecule has 20 heavy (non-hydrogen) atoms. The Labute approximate surface area is 117 Å². The first-order chi connectivity index (χ1) is 9.54. The molecule has 0 bridgehead atoms. The molecule has 0 aliphatic carbocycles. The van der Waals surface area contributed by atoms with Gasteiger partial charge in [0, 0.05) is 14.1 Å². The molecule has 0 radical (unpaired) electrons. The molecule has 0 aliphatic heterocycles. The first kappa shape index (κ1) is 14.2. The van der Waals surface area contributed by atoms with Crippen LogP contribution in [0.15, 0.2) is 30.5 Å². The van der Waals surface area contributed by atoms with Gasteiger partial charge in [0.1, 0.15) is 5.82 Å². The largest absolute Gasteiger partial charge is 0.345 e. The number of halogens is 1. The summed E-state index contributed by atoms with van der Waals surface area (Å²) >= 11 is 0. The number of carbonyl (C=O) groups excluding carboxylic acids is 1. The lowest BCUT2D eigenvalue weighted by Crippen LogP contribution is -2.22. The van der Waals surface area contributed by atoms with E-state index in [-0.39, 0.29) is 11.7 Å². The van der Waals surface area contributed by atoms with Crippen LogP contribution in [0.3, 0.4) is 0 Å². The normalized spacial score (nSPS) is 10.6. The molecule has 1 amide bonds. The van der Waals surface area contributed by atoms with E-state index < -0.39 is 0 Å². The molecule has 0 fully saturated rings. The van der Waals surface area contributed by atoms with Crippen molar-refractivity contribution in [1.29, 1.82) is 0 Å². The van der Waals surface area contributed by atoms with Gasteiger partial charge in [-0.25, -0.2) is 9.07 Å². The molecule has 1 aromatic carbocycles. The summed E-state index contributed by atoms with van der Waals surface area (Å²) in [5, 5.41) is 4.28. The van der Waals surface area contributed by atoms with E-state index >= 15 is 0 Å². The van der Waals surface area contributed by atoms with Crippen LogP contribution in [0.1, 0.15) is 29.4 Å². The number of rotatable bonds is 4. The van der Waals surface area contributed by atoms with Crippen molar-refractivity contribution in [2.24, 2.45) is 0 Å². The molecule has 2 rings (SSSR count). The summed E-state index contributed by atoms with van der Waals surface area (Å²) in [5.74, 6) is -0.357. The van der Waals surface area contributed by atoms with Crippen molar-refractivity contribution in [1.82, 2.24) is 14.7 Å². The molecule has 0 spiro atoms. The van der Waals surface area contributed by atoms with E-state index in [9.17, 15) is 9.18 Å². The molecule has 0 aliphatic rings. The zero-order chi connectivity index (χ0) is 14.7. The maximum absolute atomic E-state index is 13.0. The minimum absolute atomic E-state index is 0.0678. The fraction of sp³-hybridized carbons (Fsp3) is 0.333. The van der Waals surface area contributed by atoms with Crippen LogP contribution in [0.2, 0.25) is 0 Å². The quantitative estimate of drug-likeness (QED) is 0.860. The summed E-state index contributed by atoms with van der Waals surface area (Å²) in [7, 11) is 3.43. The Morgan fingerprint density at radius 2 is 1.95 bits per heavy atom. The molecule has 0 saturated heterocycles. The Morgan fingerprint density at radius 3 is 2.50 bits per heavy atom. The number of amides is 1. The van der Waals surface area contributed by atoms with Gasteiger partial charge in [-0.1, -0.05) is 13.3 Å². The highest BCUT2D eigenvalue weighted by atomic mass is 19.1. The minimum Gasteiger partial charge on any atom is -0.345 e. The smallest absolute Gasteiger partial charge is 0.256 e. The van der Waals surface area contributed by atoms with Gasteiger partial charge in [-0.2, -0.15) is 5.10 Å². The number of hydrogen-bond donors (Lipinski definition) is 0. The van der Waals surface area contributed by atoms with E-state index in [4.69, 9.17) is 0 Å². The van der Waals surface area contributed by atoms with Crippen molar-refractivity contribution in [3.63, 3.8) is 0 Å². The highest BCUT2D eigenvalue weighted by molar-refractivity contribution is 5.95. The van der Waals surface area contributed by atoms with Gasteiger partial charge in [-0.05, 0) is 30.7 Å². The number of nitrogens with zero attached hydrogens (tertiary/aromatic N) is 3. The van der Waals surface area contributed by atoms with Gasteiger partial charge in [0.15, 0.2) is 0 Å². The molecule has 106 valence electrons. The number of aromatic nitrogens is 2. The Bertz CT molecular complexity index is 602. The van der Waals surface area contributed by atoms with Crippen molar-refractivity contribution < 1.29 is 9.18 Å². The molecular weight excluding hydrogens is 257 g/mol. The summed E-state index contributed by atoms with van der Waals surface area (Å²) < 4.78 is 14.7. The molecule has 4 nitrogen and oxygen atoms in total. The maximum Gasteiger partial charge on any atom is 0.256 e. The average Bonchev–Trinajstić information content (AvgIpc) is 2.83. The third kappa shape index (κ3) is 2.71. The Balaban J connectivity index is 2.48. The lowest BCUT2D eigenvalue weighted by atomic mass is 10.1. The predicted molar refractivity (Wildman–Crippen MR) is 75.5 cm³/mol. The van der Waals surface area contributed by atoms with E-state index in [0.29, 0.717) is 5.56 Å². The van der Waals surface area contributed by atoms with E-state index in [1.807, 2.05) is 6.92 Å². The summed E-state index contributed by atoms with van der Waals surface area (Å²) in [6.07, 6.45) is 3.23. The lowest BCUT2D eigenvalue weighted by Gasteiger charge is -2.12. The Morgan fingerprint density at radius 1 is 1.30 bits per heavy atom. The summed E-state index contributed by atoms with van der Waals surface area (Å²) in [6.45, 7) is 2.05. The van der Waals surface area contributed by atoms with Gasteiger partial charge >= 0.3 is 0 Å². The van der Waals surface area contributed by atoms with Crippen molar-refractivity contribution in [2.45, 2.75) is 19.8 Å². The second-order valence-electron chi connectivity index (χ2n) is 4.84. The SMILES string of the molecule is CCCc1c(C(=O)N(C)C)cnn1-c1ccc(F)cc1. The summed E-state index contributed by atoms with van der Waals surface area (Å²) in [5.41, 5.74) is 2.21. The number of hydrogen-bond acceptors (Lipinski definition) is 2. The molecule has 1 aromatic heterocycles. The standard InChI is InChI=1S/C15H18FN3O/c1-4-5-14-13(15(20)18(2)3)10-17-19(14)12-8-6-11(16)7-9-12/h6-10H,4-5H2,1-3H3. The molecule has 1 heterocycles. The van der Waals surface area contributed by atoms with Crippen LogP contribution >= 0.6 is 0 Å². The van der Waals surface area contributed by atoms with Crippen LogP contribution < -0.4 is 0 Å². The van der Waals surface area contributed by atoms with Crippen LogP contribution in [0, 0.1) is 5.82 Å². The van der Waals surface area contributed by atoms with Crippen LogP contribution in [0.5, 0.6) is 0 Å². The zero-order valence-corrected chi connectivity index (χ0v) is 11.9. The predicted octanol–water partition coefficient (Wildman–Crippen LogP) is 2.67. The van der Waals surface area contributed by atoms with Crippen molar-refractivity contribution in [2.75, 3.05) is 14.1 Å².